The number of hydrogen-bond acceptors (Lipinski definition) is 4. The Morgan fingerprint density at radius 3 is 2.90 bits per heavy atom. The average molecular weight is 319 g/mol. The number of halogens is 1. The minimum atomic E-state index is -3.57. The Kier molecular flexibility index (Phi) is 4.90. The van der Waals surface area contributed by atoms with Gasteiger partial charge in [0.1, 0.15) is 0 Å². The molecule has 1 atom stereocenters. The molecule has 3 N–H and O–H groups in total. The van der Waals surface area contributed by atoms with Gasteiger partial charge in [0.25, 0.3) is 0 Å². The van der Waals surface area contributed by atoms with Gasteiger partial charge in [-0.2, -0.15) is 0 Å². The van der Waals surface area contributed by atoms with Crippen molar-refractivity contribution in [3.05, 3.63) is 22.7 Å². The number of benzene rings is 1. The van der Waals surface area contributed by atoms with Crippen LogP contribution in [0.1, 0.15) is 24.8 Å². The highest BCUT2D eigenvalue weighted by molar-refractivity contribution is 7.89. The first-order valence-corrected chi connectivity index (χ1v) is 8.43. The van der Waals surface area contributed by atoms with E-state index in [2.05, 4.69) is 4.72 Å². The summed E-state index contributed by atoms with van der Waals surface area (Å²) in [6, 6.07) is 2.96. The fourth-order valence-electron chi connectivity index (χ4n) is 2.26. The van der Waals surface area contributed by atoms with Crippen LogP contribution in [0.3, 0.4) is 0 Å². The van der Waals surface area contributed by atoms with E-state index in [-0.39, 0.29) is 16.7 Å². The maximum Gasteiger partial charge on any atom is 0.240 e. The molecule has 0 aromatic heterocycles. The molecule has 1 aliphatic heterocycles. The van der Waals surface area contributed by atoms with Gasteiger partial charge in [-0.15, -0.1) is 0 Å². The molecule has 20 heavy (non-hydrogen) atoms. The van der Waals surface area contributed by atoms with Gasteiger partial charge < -0.3 is 10.5 Å². The van der Waals surface area contributed by atoms with Crippen LogP contribution < -0.4 is 10.5 Å². The average Bonchev–Trinajstić information content (AvgIpc) is 2.86. The number of aryl methyl sites for hydroxylation is 1. The molecule has 0 spiro atoms. The van der Waals surface area contributed by atoms with Gasteiger partial charge in [-0.05, 0) is 43.9 Å². The summed E-state index contributed by atoms with van der Waals surface area (Å²) >= 11 is 5.87. The van der Waals surface area contributed by atoms with Crippen molar-refractivity contribution >= 4 is 27.3 Å². The zero-order valence-electron chi connectivity index (χ0n) is 11.4. The Bertz CT molecular complexity index is 584. The Balaban J connectivity index is 2.04. The lowest BCUT2D eigenvalue weighted by molar-refractivity contribution is 0.105. The van der Waals surface area contributed by atoms with Crippen LogP contribution in [-0.2, 0) is 14.8 Å². The van der Waals surface area contributed by atoms with Crippen molar-refractivity contribution < 1.29 is 13.2 Å². The molecule has 1 aromatic rings. The smallest absolute Gasteiger partial charge is 0.240 e. The van der Waals surface area contributed by atoms with Gasteiger partial charge >= 0.3 is 0 Å². The number of nitrogen functional groups attached to an aromatic ring is 1. The van der Waals surface area contributed by atoms with Gasteiger partial charge in [0, 0.05) is 13.2 Å². The van der Waals surface area contributed by atoms with E-state index in [1.54, 1.807) is 13.0 Å². The Morgan fingerprint density at radius 1 is 1.50 bits per heavy atom. The van der Waals surface area contributed by atoms with Gasteiger partial charge in [-0.1, -0.05) is 11.6 Å². The lowest BCUT2D eigenvalue weighted by atomic mass is 10.2. The molecule has 1 aliphatic rings. The molecule has 7 heteroatoms. The van der Waals surface area contributed by atoms with Crippen molar-refractivity contribution in [1.82, 2.24) is 4.72 Å². The van der Waals surface area contributed by atoms with E-state index in [9.17, 15) is 8.42 Å². The monoisotopic (exact) mass is 318 g/mol. The zero-order chi connectivity index (χ0) is 14.8. The fraction of sp³-hybridized carbons (Fsp3) is 0.538. The zero-order valence-corrected chi connectivity index (χ0v) is 12.9. The summed E-state index contributed by atoms with van der Waals surface area (Å²) in [5, 5.41) is 0.362. The largest absolute Gasteiger partial charge is 0.397 e. The quantitative estimate of drug-likeness (QED) is 0.814. The first kappa shape index (κ1) is 15.6. The summed E-state index contributed by atoms with van der Waals surface area (Å²) in [6.07, 6.45) is 2.88. The van der Waals surface area contributed by atoms with Crippen molar-refractivity contribution in [2.24, 2.45) is 0 Å². The third-order valence-corrected chi connectivity index (χ3v) is 5.30. The first-order chi connectivity index (χ1) is 9.40. The second kappa shape index (κ2) is 6.30. The lowest BCUT2D eigenvalue weighted by Gasteiger charge is -2.13. The number of nitrogens with two attached hydrogens (primary N) is 1. The summed E-state index contributed by atoms with van der Waals surface area (Å²) < 4.78 is 32.5. The fourth-order valence-corrected chi connectivity index (χ4v) is 3.79. The predicted molar refractivity (Wildman–Crippen MR) is 79.4 cm³/mol. The molecular formula is C13H19ClN2O3S. The molecule has 5 nitrogen and oxygen atoms in total. The summed E-state index contributed by atoms with van der Waals surface area (Å²) in [7, 11) is -3.57. The maximum atomic E-state index is 12.2. The third kappa shape index (κ3) is 3.63. The number of anilines is 1. The number of nitrogens with one attached hydrogen (secondary N) is 1. The van der Waals surface area contributed by atoms with Crippen LogP contribution in [-0.4, -0.2) is 27.7 Å². The molecule has 0 radical (unpaired) electrons. The van der Waals surface area contributed by atoms with Gasteiger partial charge in [-0.3, -0.25) is 0 Å². The minimum absolute atomic E-state index is 0.161. The molecule has 1 saturated heterocycles. The van der Waals surface area contributed by atoms with Crippen molar-refractivity contribution in [1.29, 1.82) is 0 Å². The molecule has 2 rings (SSSR count). The van der Waals surface area contributed by atoms with Crippen molar-refractivity contribution in [3.63, 3.8) is 0 Å². The molecule has 112 valence electrons. The highest BCUT2D eigenvalue weighted by Gasteiger charge is 2.20. The maximum absolute atomic E-state index is 12.2. The molecular weight excluding hydrogens is 300 g/mol. The summed E-state index contributed by atoms with van der Waals surface area (Å²) in [5.74, 6) is 0. The molecule has 1 aromatic carbocycles. The predicted octanol–water partition coefficient (Wildman–Crippen LogP) is 2.08. The van der Waals surface area contributed by atoms with Gasteiger partial charge in [0.15, 0.2) is 0 Å². The highest BCUT2D eigenvalue weighted by atomic mass is 35.5. The van der Waals surface area contributed by atoms with Crippen LogP contribution in [0, 0.1) is 6.92 Å². The van der Waals surface area contributed by atoms with Crippen molar-refractivity contribution in [3.8, 4) is 0 Å². The van der Waals surface area contributed by atoms with Crippen LogP contribution in [0.2, 0.25) is 5.02 Å². The van der Waals surface area contributed by atoms with Crippen LogP contribution in [0.5, 0.6) is 0 Å². The molecule has 1 fully saturated rings. The third-order valence-electron chi connectivity index (χ3n) is 3.37. The summed E-state index contributed by atoms with van der Waals surface area (Å²) in [6.45, 7) is 2.82. The summed E-state index contributed by atoms with van der Waals surface area (Å²) in [5.41, 5.74) is 6.51. The first-order valence-electron chi connectivity index (χ1n) is 6.57. The van der Waals surface area contributed by atoms with E-state index in [1.165, 1.54) is 6.07 Å². The van der Waals surface area contributed by atoms with E-state index in [1.807, 2.05) is 0 Å². The Labute approximate surface area is 124 Å². The molecule has 1 heterocycles. The van der Waals surface area contributed by atoms with Crippen LogP contribution in [0.25, 0.3) is 0 Å². The highest BCUT2D eigenvalue weighted by Crippen LogP contribution is 2.26. The molecule has 1 unspecified atom stereocenters. The normalized spacial score (nSPS) is 19.4. The summed E-state index contributed by atoms with van der Waals surface area (Å²) in [4.78, 5) is 0.173. The number of hydrogen-bond donors (Lipinski definition) is 2. The standard InChI is InChI=1S/C13H19ClN2O3S/c1-9-7-11(14)12(15)8-13(9)20(17,18)16-5-4-10-3-2-6-19-10/h7-8,10,16H,2-6,15H2,1H3. The van der Waals surface area contributed by atoms with Crippen LogP contribution >= 0.6 is 11.6 Å². The lowest BCUT2D eigenvalue weighted by Crippen LogP contribution is -2.28. The minimum Gasteiger partial charge on any atom is -0.397 e. The SMILES string of the molecule is Cc1cc(Cl)c(N)cc1S(=O)(=O)NCCC1CCCO1. The molecule has 0 bridgehead atoms. The second-order valence-electron chi connectivity index (χ2n) is 4.96. The van der Waals surface area contributed by atoms with E-state index in [4.69, 9.17) is 22.1 Å². The van der Waals surface area contributed by atoms with Crippen LogP contribution in [0.4, 0.5) is 5.69 Å². The molecule has 0 aliphatic carbocycles. The van der Waals surface area contributed by atoms with E-state index in [0.29, 0.717) is 23.6 Å². The Hall–Kier alpha value is -0.820. The number of sulfonamides is 1. The van der Waals surface area contributed by atoms with Gasteiger partial charge in [-0.25, -0.2) is 13.1 Å². The van der Waals surface area contributed by atoms with Gasteiger partial charge in [0.2, 0.25) is 10.0 Å². The second-order valence-corrected chi connectivity index (χ2v) is 7.10. The van der Waals surface area contributed by atoms with E-state index >= 15 is 0 Å². The molecule has 0 amide bonds. The van der Waals surface area contributed by atoms with Crippen LogP contribution in [0.15, 0.2) is 17.0 Å². The molecule has 0 saturated carbocycles. The topological polar surface area (TPSA) is 81.4 Å². The van der Waals surface area contributed by atoms with Crippen molar-refractivity contribution in [2.75, 3.05) is 18.9 Å². The van der Waals surface area contributed by atoms with Gasteiger partial charge in [0.05, 0.1) is 21.7 Å². The van der Waals surface area contributed by atoms with Crippen molar-refractivity contribution in [2.45, 2.75) is 37.2 Å². The Morgan fingerprint density at radius 2 is 2.25 bits per heavy atom. The van der Waals surface area contributed by atoms with E-state index < -0.39 is 10.0 Å². The van der Waals surface area contributed by atoms with E-state index in [0.717, 1.165) is 19.4 Å². The number of ether oxygens (including phenoxy) is 1. The number of rotatable bonds is 5.